The van der Waals surface area contributed by atoms with Gasteiger partial charge < -0.3 is 15.1 Å². The smallest absolute Gasteiger partial charge is 0.255 e. The highest BCUT2D eigenvalue weighted by Crippen LogP contribution is 2.19. The van der Waals surface area contributed by atoms with E-state index in [9.17, 15) is 4.79 Å². The third-order valence-electron chi connectivity index (χ3n) is 4.26. The van der Waals surface area contributed by atoms with E-state index in [1.54, 1.807) is 6.20 Å². The van der Waals surface area contributed by atoms with Crippen molar-refractivity contribution in [1.82, 2.24) is 15.2 Å². The summed E-state index contributed by atoms with van der Waals surface area (Å²) < 4.78 is 0. The largest absolute Gasteiger partial charge is 0.357 e. The van der Waals surface area contributed by atoms with E-state index in [1.165, 1.54) is 0 Å². The van der Waals surface area contributed by atoms with Gasteiger partial charge in [0, 0.05) is 32.4 Å². The average Bonchev–Trinajstić information content (AvgIpc) is 3.01. The summed E-state index contributed by atoms with van der Waals surface area (Å²) in [6, 6.07) is 3.88. The number of hydrogen-bond acceptors (Lipinski definition) is 4. The Morgan fingerprint density at radius 3 is 2.67 bits per heavy atom. The summed E-state index contributed by atoms with van der Waals surface area (Å²) in [5.41, 5.74) is 0.696. The standard InChI is InChI=1S/C17H28N4O.2ClH/c1-4-9-20(5-2)16-7-6-15(12-19-16)17(22)21-10-8-14(13-21)11-18-3;;/h6-7,12,14,18H,4-5,8-11,13H2,1-3H3;2*1H. The first-order valence-electron chi connectivity index (χ1n) is 8.34. The molecule has 2 heterocycles. The number of amides is 1. The number of aromatic nitrogens is 1. The molecule has 1 aromatic rings. The van der Waals surface area contributed by atoms with E-state index in [0.29, 0.717) is 11.5 Å². The maximum atomic E-state index is 12.5. The van der Waals surface area contributed by atoms with Crippen LogP contribution in [0.1, 0.15) is 37.0 Å². The zero-order valence-corrected chi connectivity index (χ0v) is 16.5. The number of rotatable bonds is 7. The average molecular weight is 377 g/mol. The van der Waals surface area contributed by atoms with E-state index >= 15 is 0 Å². The molecular weight excluding hydrogens is 347 g/mol. The van der Waals surface area contributed by atoms with Gasteiger partial charge in [0.25, 0.3) is 5.91 Å². The third-order valence-corrected chi connectivity index (χ3v) is 4.26. The van der Waals surface area contributed by atoms with Crippen molar-refractivity contribution in [3.05, 3.63) is 23.9 Å². The molecule has 0 aliphatic carbocycles. The number of nitrogens with zero attached hydrogens (tertiary/aromatic N) is 3. The predicted octanol–water partition coefficient (Wildman–Crippen LogP) is 2.84. The molecular formula is C17H30Cl2N4O. The molecule has 24 heavy (non-hydrogen) atoms. The van der Waals surface area contributed by atoms with Gasteiger partial charge in [-0.3, -0.25) is 4.79 Å². The Morgan fingerprint density at radius 1 is 1.38 bits per heavy atom. The lowest BCUT2D eigenvalue weighted by Gasteiger charge is -2.21. The first-order valence-corrected chi connectivity index (χ1v) is 8.34. The van der Waals surface area contributed by atoms with Gasteiger partial charge in [-0.15, -0.1) is 24.8 Å². The molecule has 1 unspecified atom stereocenters. The number of likely N-dealkylation sites (tertiary alicyclic amines) is 1. The Labute approximate surface area is 158 Å². The van der Waals surface area contributed by atoms with Crippen LogP contribution in [-0.4, -0.2) is 55.6 Å². The summed E-state index contributed by atoms with van der Waals surface area (Å²) in [4.78, 5) is 21.2. The van der Waals surface area contributed by atoms with Crippen LogP contribution in [0.2, 0.25) is 0 Å². The fourth-order valence-electron chi connectivity index (χ4n) is 3.06. The minimum Gasteiger partial charge on any atom is -0.357 e. The van der Waals surface area contributed by atoms with E-state index in [1.807, 2.05) is 24.1 Å². The lowest BCUT2D eigenvalue weighted by Crippen LogP contribution is -2.30. The Balaban J connectivity index is 0.00000264. The fourth-order valence-corrected chi connectivity index (χ4v) is 3.06. The second kappa shape index (κ2) is 11.5. The van der Waals surface area contributed by atoms with Crippen molar-refractivity contribution in [2.45, 2.75) is 26.7 Å². The zero-order chi connectivity index (χ0) is 15.9. The molecule has 0 saturated carbocycles. The van der Waals surface area contributed by atoms with Crippen molar-refractivity contribution in [3.8, 4) is 0 Å². The van der Waals surface area contributed by atoms with Gasteiger partial charge in [0.15, 0.2) is 0 Å². The highest BCUT2D eigenvalue weighted by Gasteiger charge is 2.26. The summed E-state index contributed by atoms with van der Waals surface area (Å²) >= 11 is 0. The number of anilines is 1. The van der Waals surface area contributed by atoms with Gasteiger partial charge in [-0.25, -0.2) is 4.98 Å². The quantitative estimate of drug-likeness (QED) is 0.794. The number of nitrogens with one attached hydrogen (secondary N) is 1. The highest BCUT2D eigenvalue weighted by molar-refractivity contribution is 5.94. The highest BCUT2D eigenvalue weighted by atomic mass is 35.5. The van der Waals surface area contributed by atoms with Crippen LogP contribution in [0.25, 0.3) is 0 Å². The van der Waals surface area contributed by atoms with Crippen LogP contribution in [-0.2, 0) is 0 Å². The number of hydrogen-bond donors (Lipinski definition) is 1. The summed E-state index contributed by atoms with van der Waals surface area (Å²) in [6.07, 6.45) is 3.90. The molecule has 0 spiro atoms. The monoisotopic (exact) mass is 376 g/mol. The molecule has 138 valence electrons. The van der Waals surface area contributed by atoms with Gasteiger partial charge in [-0.1, -0.05) is 6.92 Å². The van der Waals surface area contributed by atoms with Gasteiger partial charge in [0.1, 0.15) is 5.82 Å². The summed E-state index contributed by atoms with van der Waals surface area (Å²) in [6.45, 7) is 8.89. The Morgan fingerprint density at radius 2 is 2.12 bits per heavy atom. The summed E-state index contributed by atoms with van der Waals surface area (Å²) in [5, 5.41) is 3.19. The van der Waals surface area contributed by atoms with Crippen LogP contribution < -0.4 is 10.2 Å². The minimum absolute atomic E-state index is 0. The van der Waals surface area contributed by atoms with Gasteiger partial charge in [0.05, 0.1) is 5.56 Å². The second-order valence-corrected chi connectivity index (χ2v) is 5.95. The number of pyridine rings is 1. The molecule has 0 bridgehead atoms. The summed E-state index contributed by atoms with van der Waals surface area (Å²) in [5.74, 6) is 1.63. The molecule has 1 fully saturated rings. The van der Waals surface area contributed by atoms with E-state index in [4.69, 9.17) is 0 Å². The molecule has 0 aromatic carbocycles. The Kier molecular flexibility index (Phi) is 11.0. The Hall–Kier alpha value is -1.04. The first kappa shape index (κ1) is 23.0. The van der Waals surface area contributed by atoms with Crippen LogP contribution in [0.3, 0.4) is 0 Å². The predicted molar refractivity (Wildman–Crippen MR) is 105 cm³/mol. The van der Waals surface area contributed by atoms with Crippen LogP contribution in [0, 0.1) is 5.92 Å². The molecule has 2 rings (SSSR count). The van der Waals surface area contributed by atoms with Crippen LogP contribution in [0.4, 0.5) is 5.82 Å². The molecule has 1 aliphatic heterocycles. The molecule has 1 N–H and O–H groups in total. The van der Waals surface area contributed by atoms with Crippen molar-refractivity contribution in [2.75, 3.05) is 44.7 Å². The SMILES string of the molecule is CCCN(CC)c1ccc(C(=O)N2CCC(CNC)C2)cn1.Cl.Cl. The van der Waals surface area contributed by atoms with E-state index in [0.717, 1.165) is 51.4 Å². The second-order valence-electron chi connectivity index (χ2n) is 5.95. The van der Waals surface area contributed by atoms with Crippen molar-refractivity contribution in [2.24, 2.45) is 5.92 Å². The molecule has 1 atom stereocenters. The molecule has 1 amide bonds. The maximum Gasteiger partial charge on any atom is 0.255 e. The van der Waals surface area contributed by atoms with Gasteiger partial charge in [-0.05, 0) is 51.4 Å². The molecule has 0 radical (unpaired) electrons. The molecule has 5 nitrogen and oxygen atoms in total. The lowest BCUT2D eigenvalue weighted by atomic mass is 10.1. The topological polar surface area (TPSA) is 48.5 Å². The number of carbonyl (C=O) groups is 1. The van der Waals surface area contributed by atoms with Crippen molar-refractivity contribution in [1.29, 1.82) is 0 Å². The first-order chi connectivity index (χ1) is 10.7. The van der Waals surface area contributed by atoms with E-state index < -0.39 is 0 Å². The van der Waals surface area contributed by atoms with Crippen molar-refractivity contribution in [3.63, 3.8) is 0 Å². The maximum absolute atomic E-state index is 12.5. The van der Waals surface area contributed by atoms with Gasteiger partial charge in [-0.2, -0.15) is 0 Å². The van der Waals surface area contributed by atoms with Gasteiger partial charge >= 0.3 is 0 Å². The number of carbonyl (C=O) groups excluding carboxylic acids is 1. The molecule has 7 heteroatoms. The molecule has 1 aliphatic rings. The number of halogens is 2. The lowest BCUT2D eigenvalue weighted by molar-refractivity contribution is 0.0787. The molecule has 1 aromatic heterocycles. The normalized spacial score (nSPS) is 16.3. The van der Waals surface area contributed by atoms with E-state index in [2.05, 4.69) is 29.0 Å². The Bertz CT molecular complexity index is 484. The van der Waals surface area contributed by atoms with Crippen LogP contribution in [0.5, 0.6) is 0 Å². The van der Waals surface area contributed by atoms with E-state index in [-0.39, 0.29) is 30.7 Å². The van der Waals surface area contributed by atoms with Crippen molar-refractivity contribution >= 4 is 36.5 Å². The fraction of sp³-hybridized carbons (Fsp3) is 0.647. The zero-order valence-electron chi connectivity index (χ0n) is 14.8. The third kappa shape index (κ3) is 5.80. The summed E-state index contributed by atoms with van der Waals surface area (Å²) in [7, 11) is 1.96. The van der Waals surface area contributed by atoms with Crippen LogP contribution >= 0.6 is 24.8 Å². The van der Waals surface area contributed by atoms with Crippen molar-refractivity contribution < 1.29 is 4.79 Å². The minimum atomic E-state index is 0. The van der Waals surface area contributed by atoms with Gasteiger partial charge in [0.2, 0.25) is 0 Å². The van der Waals surface area contributed by atoms with Crippen LogP contribution in [0.15, 0.2) is 18.3 Å². The molecule has 1 saturated heterocycles.